The minimum absolute atomic E-state index is 0.258. The van der Waals surface area contributed by atoms with Gasteiger partial charge < -0.3 is 14.5 Å². The van der Waals surface area contributed by atoms with E-state index in [2.05, 4.69) is 15.3 Å². The van der Waals surface area contributed by atoms with Crippen LogP contribution in [0.2, 0.25) is 0 Å². The Bertz CT molecular complexity index is 997. The molecule has 6 nitrogen and oxygen atoms in total. The number of benzene rings is 1. The summed E-state index contributed by atoms with van der Waals surface area (Å²) in [7, 11) is 1.49. The van der Waals surface area contributed by atoms with E-state index in [4.69, 9.17) is 4.74 Å². The highest BCUT2D eigenvalue weighted by atomic mass is 19.1. The average molecular weight is 368 g/mol. The van der Waals surface area contributed by atoms with Crippen LogP contribution in [0.5, 0.6) is 0 Å². The molecule has 1 aromatic carbocycles. The summed E-state index contributed by atoms with van der Waals surface area (Å²) in [5, 5.41) is 2.85. The van der Waals surface area contributed by atoms with Crippen LogP contribution in [0.15, 0.2) is 53.7 Å². The van der Waals surface area contributed by atoms with Crippen molar-refractivity contribution in [1.82, 2.24) is 14.7 Å². The zero-order valence-electron chi connectivity index (χ0n) is 15.4. The molecule has 0 aliphatic rings. The van der Waals surface area contributed by atoms with Gasteiger partial charge in [-0.2, -0.15) is 0 Å². The van der Waals surface area contributed by atoms with Crippen LogP contribution >= 0.6 is 0 Å². The quantitative estimate of drug-likeness (QED) is 0.556. The molecule has 1 N–H and O–H groups in total. The van der Waals surface area contributed by atoms with Crippen LogP contribution in [0.1, 0.15) is 28.7 Å². The van der Waals surface area contributed by atoms with E-state index in [0.717, 1.165) is 11.3 Å². The van der Waals surface area contributed by atoms with E-state index in [1.807, 2.05) is 35.7 Å². The van der Waals surface area contributed by atoms with Gasteiger partial charge in [0.2, 0.25) is 5.90 Å². The van der Waals surface area contributed by atoms with Gasteiger partial charge in [-0.25, -0.2) is 14.4 Å². The van der Waals surface area contributed by atoms with E-state index >= 15 is 0 Å². The number of rotatable bonds is 5. The molecule has 3 rings (SSSR count). The van der Waals surface area contributed by atoms with Crippen molar-refractivity contribution in [3.05, 3.63) is 71.4 Å². The van der Waals surface area contributed by atoms with E-state index < -0.39 is 6.04 Å². The molecule has 1 unspecified atom stereocenters. The summed E-state index contributed by atoms with van der Waals surface area (Å²) in [6, 6.07) is 11.3. The normalized spacial score (nSPS) is 12.8. The minimum Gasteiger partial charge on any atom is -0.483 e. The largest absolute Gasteiger partial charge is 0.483 e. The maximum absolute atomic E-state index is 13.3. The molecule has 1 atom stereocenters. The number of carbonyl (C=O) groups is 1. The van der Waals surface area contributed by atoms with Gasteiger partial charge in [-0.3, -0.25) is 4.79 Å². The Kier molecular flexibility index (Phi) is 5.49. The molecule has 27 heavy (non-hydrogen) atoms. The summed E-state index contributed by atoms with van der Waals surface area (Å²) < 4.78 is 20.4. The van der Waals surface area contributed by atoms with Crippen LogP contribution in [0, 0.1) is 12.7 Å². The predicted octanol–water partition coefficient (Wildman–Crippen LogP) is 3.15. The number of hydrogen-bond acceptors (Lipinski definition) is 4. The molecule has 0 saturated carbocycles. The number of halogens is 1. The highest BCUT2D eigenvalue weighted by Gasteiger charge is 2.20. The molecule has 0 bridgehead atoms. The fraction of sp³-hybridized carbons (Fsp3) is 0.250. The predicted molar refractivity (Wildman–Crippen MR) is 101 cm³/mol. The number of fused-ring (bicyclic) bond motifs is 1. The molecule has 2 aromatic heterocycles. The third-order valence-corrected chi connectivity index (χ3v) is 4.22. The van der Waals surface area contributed by atoms with E-state index in [1.54, 1.807) is 19.1 Å². The first-order chi connectivity index (χ1) is 13.0. The molecule has 0 aliphatic carbocycles. The molecule has 1 amide bonds. The summed E-state index contributed by atoms with van der Waals surface area (Å²) in [6.07, 6.45) is 1.86. The van der Waals surface area contributed by atoms with Crippen LogP contribution in [-0.4, -0.2) is 34.3 Å². The molecular formula is C20H21FN4O2. The van der Waals surface area contributed by atoms with Crippen LogP contribution in [-0.2, 0) is 11.3 Å². The number of pyridine rings is 1. The molecule has 0 spiro atoms. The first-order valence-corrected chi connectivity index (χ1v) is 8.57. The lowest BCUT2D eigenvalue weighted by atomic mass is 10.2. The number of aromatic nitrogens is 2. The molecule has 0 saturated heterocycles. The van der Waals surface area contributed by atoms with Crippen LogP contribution in [0.4, 0.5) is 4.39 Å². The van der Waals surface area contributed by atoms with E-state index in [-0.39, 0.29) is 18.3 Å². The van der Waals surface area contributed by atoms with Crippen molar-refractivity contribution in [1.29, 1.82) is 0 Å². The summed E-state index contributed by atoms with van der Waals surface area (Å²) in [4.78, 5) is 21.4. The van der Waals surface area contributed by atoms with Gasteiger partial charge in [0.15, 0.2) is 0 Å². The summed E-state index contributed by atoms with van der Waals surface area (Å²) in [5.74, 6) is -0.265. The molecule has 2 heterocycles. The maximum Gasteiger partial charge on any atom is 0.272 e. The maximum atomic E-state index is 13.3. The van der Waals surface area contributed by atoms with Gasteiger partial charge in [0, 0.05) is 6.20 Å². The van der Waals surface area contributed by atoms with Crippen molar-refractivity contribution in [2.45, 2.75) is 26.4 Å². The Morgan fingerprint density at radius 3 is 2.85 bits per heavy atom. The Balaban J connectivity index is 1.73. The highest BCUT2D eigenvalue weighted by molar-refractivity contribution is 5.97. The van der Waals surface area contributed by atoms with Gasteiger partial charge in [0.05, 0.1) is 19.3 Å². The van der Waals surface area contributed by atoms with Crippen molar-refractivity contribution in [3.63, 3.8) is 0 Å². The SMILES string of the molecule is COC(=NCc1cccc(F)c1)C(C)NC(=O)c1nc2ccccn2c1C. The fourth-order valence-corrected chi connectivity index (χ4v) is 2.84. The lowest BCUT2D eigenvalue weighted by Gasteiger charge is -2.15. The number of ether oxygens (including phenoxy) is 1. The molecule has 140 valence electrons. The topological polar surface area (TPSA) is 68.0 Å². The number of nitrogens with zero attached hydrogens (tertiary/aromatic N) is 3. The molecule has 7 heteroatoms. The monoisotopic (exact) mass is 368 g/mol. The van der Waals surface area contributed by atoms with Gasteiger partial charge in [-0.1, -0.05) is 18.2 Å². The lowest BCUT2D eigenvalue weighted by molar-refractivity contribution is 0.0940. The molecule has 0 fully saturated rings. The number of aryl methyl sites for hydroxylation is 1. The first kappa shape index (κ1) is 18.6. The van der Waals surface area contributed by atoms with Gasteiger partial charge in [-0.05, 0) is 43.7 Å². The van der Waals surface area contributed by atoms with Crippen LogP contribution in [0.3, 0.4) is 0 Å². The number of imidazole rings is 1. The summed E-state index contributed by atoms with van der Waals surface area (Å²) >= 11 is 0. The van der Waals surface area contributed by atoms with Crippen molar-refractivity contribution in [2.75, 3.05) is 7.11 Å². The second-order valence-corrected chi connectivity index (χ2v) is 6.16. The van der Waals surface area contributed by atoms with Crippen LogP contribution < -0.4 is 5.32 Å². The number of methoxy groups -OCH3 is 1. The number of nitrogens with one attached hydrogen (secondary N) is 1. The Hall–Kier alpha value is -3.22. The van der Waals surface area contributed by atoms with Crippen LogP contribution in [0.25, 0.3) is 5.65 Å². The number of amides is 1. The Morgan fingerprint density at radius 2 is 2.15 bits per heavy atom. The number of hydrogen-bond donors (Lipinski definition) is 1. The summed E-state index contributed by atoms with van der Waals surface area (Å²) in [5.41, 5.74) is 2.54. The summed E-state index contributed by atoms with van der Waals surface area (Å²) in [6.45, 7) is 3.88. The third kappa shape index (κ3) is 4.13. The minimum atomic E-state index is -0.458. The van der Waals surface area contributed by atoms with Crippen molar-refractivity contribution in [2.24, 2.45) is 4.99 Å². The van der Waals surface area contributed by atoms with Crippen molar-refractivity contribution >= 4 is 17.5 Å². The zero-order chi connectivity index (χ0) is 19.4. The van der Waals surface area contributed by atoms with E-state index in [1.165, 1.54) is 19.2 Å². The molecule has 3 aromatic rings. The van der Waals surface area contributed by atoms with E-state index in [9.17, 15) is 9.18 Å². The molecule has 0 aliphatic heterocycles. The second kappa shape index (κ2) is 7.99. The number of carbonyl (C=O) groups excluding carboxylic acids is 1. The Morgan fingerprint density at radius 1 is 1.33 bits per heavy atom. The van der Waals surface area contributed by atoms with E-state index in [0.29, 0.717) is 17.2 Å². The van der Waals surface area contributed by atoms with Gasteiger partial charge >= 0.3 is 0 Å². The fourth-order valence-electron chi connectivity index (χ4n) is 2.84. The molecule has 0 radical (unpaired) electrons. The van der Waals surface area contributed by atoms with Crippen molar-refractivity contribution < 1.29 is 13.9 Å². The smallest absolute Gasteiger partial charge is 0.272 e. The lowest BCUT2D eigenvalue weighted by Crippen LogP contribution is -2.39. The average Bonchev–Trinajstić information content (AvgIpc) is 2.99. The highest BCUT2D eigenvalue weighted by Crippen LogP contribution is 2.12. The van der Waals surface area contributed by atoms with Gasteiger partial charge in [0.25, 0.3) is 5.91 Å². The third-order valence-electron chi connectivity index (χ3n) is 4.22. The number of aliphatic imine (C=N–C) groups is 1. The first-order valence-electron chi connectivity index (χ1n) is 8.57. The standard InChI is InChI=1S/C20H21FN4O2/c1-13(20(27-3)22-12-15-7-6-8-16(21)11-15)23-19(26)18-14(2)25-10-5-4-9-17(25)24-18/h4-11,13H,12H2,1-3H3,(H,23,26). The molecular weight excluding hydrogens is 347 g/mol. The van der Waals surface area contributed by atoms with Gasteiger partial charge in [0.1, 0.15) is 23.2 Å². The zero-order valence-corrected chi connectivity index (χ0v) is 15.4. The van der Waals surface area contributed by atoms with Crippen molar-refractivity contribution in [3.8, 4) is 0 Å². The second-order valence-electron chi connectivity index (χ2n) is 6.16. The Labute approximate surface area is 156 Å². The van der Waals surface area contributed by atoms with Gasteiger partial charge in [-0.15, -0.1) is 0 Å².